The number of halogens is 1. The average molecular weight is 218 g/mol. The van der Waals surface area contributed by atoms with Gasteiger partial charge in [0.15, 0.2) is 0 Å². The van der Waals surface area contributed by atoms with Crippen molar-refractivity contribution >= 4 is 11.6 Å². The normalized spacial score (nSPS) is 13.2. The zero-order valence-corrected chi connectivity index (χ0v) is 9.51. The van der Waals surface area contributed by atoms with E-state index in [0.717, 1.165) is 11.4 Å². The maximum absolute atomic E-state index is 6.08. The van der Waals surface area contributed by atoms with E-state index < -0.39 is 0 Å². The number of aromatic nitrogens is 2. The summed E-state index contributed by atoms with van der Waals surface area (Å²) in [7, 11) is 3.50. The third-order valence-corrected chi connectivity index (χ3v) is 2.59. The maximum atomic E-state index is 6.08. The van der Waals surface area contributed by atoms with Gasteiger partial charge in [-0.3, -0.25) is 4.68 Å². The number of nitrogens with two attached hydrogens (primary N) is 1. The van der Waals surface area contributed by atoms with Crippen LogP contribution in [0.25, 0.3) is 0 Å². The van der Waals surface area contributed by atoms with Crippen molar-refractivity contribution in [1.29, 1.82) is 0 Å². The molecule has 1 aromatic heterocycles. The molecular weight excluding hydrogens is 202 g/mol. The quantitative estimate of drug-likeness (QED) is 0.816. The molecule has 0 saturated heterocycles. The molecular formula is C9H16ClN3O. The molecule has 0 radical (unpaired) electrons. The van der Waals surface area contributed by atoms with E-state index in [1.165, 1.54) is 0 Å². The van der Waals surface area contributed by atoms with E-state index in [9.17, 15) is 0 Å². The Hall–Kier alpha value is -0.580. The Morgan fingerprint density at radius 3 is 2.71 bits per heavy atom. The van der Waals surface area contributed by atoms with Crippen molar-refractivity contribution in [3.63, 3.8) is 0 Å². The second kappa shape index (κ2) is 4.77. The summed E-state index contributed by atoms with van der Waals surface area (Å²) in [5.41, 5.74) is 7.65. The summed E-state index contributed by atoms with van der Waals surface area (Å²) < 4.78 is 6.74. The zero-order valence-electron chi connectivity index (χ0n) is 8.75. The highest BCUT2D eigenvalue weighted by Crippen LogP contribution is 2.20. The van der Waals surface area contributed by atoms with Gasteiger partial charge in [0.1, 0.15) is 0 Å². The molecule has 0 aliphatic heterocycles. The molecule has 0 aliphatic rings. The van der Waals surface area contributed by atoms with Crippen LogP contribution in [0.15, 0.2) is 0 Å². The van der Waals surface area contributed by atoms with Crippen LogP contribution >= 0.6 is 11.6 Å². The van der Waals surface area contributed by atoms with Crippen LogP contribution in [-0.2, 0) is 18.2 Å². The Kier molecular flexibility index (Phi) is 3.92. The average Bonchev–Trinajstić information content (AvgIpc) is 2.33. The summed E-state index contributed by atoms with van der Waals surface area (Å²) in [5.74, 6) is 0. The highest BCUT2D eigenvalue weighted by molar-refractivity contribution is 6.31. The van der Waals surface area contributed by atoms with E-state index in [2.05, 4.69) is 5.10 Å². The smallest absolute Gasteiger partial charge is 0.0847 e. The predicted molar refractivity (Wildman–Crippen MR) is 56.5 cm³/mol. The SMILES string of the molecule is COCC(N)Cc1c(Cl)c(C)nn1C. The van der Waals surface area contributed by atoms with Gasteiger partial charge in [-0.25, -0.2) is 0 Å². The lowest BCUT2D eigenvalue weighted by molar-refractivity contribution is 0.179. The van der Waals surface area contributed by atoms with Crippen LogP contribution < -0.4 is 5.73 Å². The van der Waals surface area contributed by atoms with Gasteiger partial charge < -0.3 is 10.5 Å². The summed E-state index contributed by atoms with van der Waals surface area (Å²) >= 11 is 6.08. The number of methoxy groups -OCH3 is 1. The van der Waals surface area contributed by atoms with Gasteiger partial charge in [-0.1, -0.05) is 11.6 Å². The molecule has 0 fully saturated rings. The highest BCUT2D eigenvalue weighted by atomic mass is 35.5. The summed E-state index contributed by atoms with van der Waals surface area (Å²) in [4.78, 5) is 0. The second-order valence-corrected chi connectivity index (χ2v) is 3.77. The molecule has 1 heterocycles. The van der Waals surface area contributed by atoms with E-state index in [1.54, 1.807) is 11.8 Å². The topological polar surface area (TPSA) is 53.1 Å². The standard InChI is InChI=1S/C9H16ClN3O/c1-6-9(10)8(13(2)12-6)4-7(11)5-14-3/h7H,4-5,11H2,1-3H3. The first-order chi connectivity index (χ1) is 6.56. The Morgan fingerprint density at radius 2 is 2.29 bits per heavy atom. The largest absolute Gasteiger partial charge is 0.383 e. The molecule has 0 amide bonds. The van der Waals surface area contributed by atoms with Gasteiger partial charge in [0.05, 0.1) is 23.0 Å². The third-order valence-electron chi connectivity index (χ3n) is 2.10. The van der Waals surface area contributed by atoms with Gasteiger partial charge in [0.2, 0.25) is 0 Å². The van der Waals surface area contributed by atoms with Crippen molar-refractivity contribution in [2.45, 2.75) is 19.4 Å². The minimum atomic E-state index is -0.0349. The Morgan fingerprint density at radius 1 is 1.64 bits per heavy atom. The first kappa shape index (κ1) is 11.5. The van der Waals surface area contributed by atoms with Crippen LogP contribution in [0.1, 0.15) is 11.4 Å². The van der Waals surface area contributed by atoms with Crippen molar-refractivity contribution in [1.82, 2.24) is 9.78 Å². The molecule has 0 bridgehead atoms. The fraction of sp³-hybridized carbons (Fsp3) is 0.667. The maximum Gasteiger partial charge on any atom is 0.0847 e. The van der Waals surface area contributed by atoms with E-state index in [1.807, 2.05) is 14.0 Å². The van der Waals surface area contributed by atoms with Crippen LogP contribution in [0.3, 0.4) is 0 Å². The molecule has 0 aromatic carbocycles. The van der Waals surface area contributed by atoms with Crippen LogP contribution in [0.5, 0.6) is 0 Å². The van der Waals surface area contributed by atoms with Gasteiger partial charge >= 0.3 is 0 Å². The number of ether oxygens (including phenoxy) is 1. The second-order valence-electron chi connectivity index (χ2n) is 3.39. The Bertz CT molecular complexity index is 311. The van der Waals surface area contributed by atoms with Crippen molar-refractivity contribution in [3.05, 3.63) is 16.4 Å². The lowest BCUT2D eigenvalue weighted by Gasteiger charge is -2.10. The molecule has 1 atom stereocenters. The molecule has 0 saturated carbocycles. The molecule has 80 valence electrons. The summed E-state index contributed by atoms with van der Waals surface area (Å²) in [6, 6.07) is -0.0349. The minimum Gasteiger partial charge on any atom is -0.383 e. The van der Waals surface area contributed by atoms with Crippen molar-refractivity contribution in [2.24, 2.45) is 12.8 Å². The van der Waals surface area contributed by atoms with Gasteiger partial charge in [0, 0.05) is 26.6 Å². The molecule has 1 aromatic rings. The Balaban J connectivity index is 2.75. The van der Waals surface area contributed by atoms with E-state index >= 15 is 0 Å². The van der Waals surface area contributed by atoms with Crippen molar-refractivity contribution < 1.29 is 4.74 Å². The van der Waals surface area contributed by atoms with Crippen LogP contribution in [0.4, 0.5) is 0 Å². The molecule has 14 heavy (non-hydrogen) atoms. The van der Waals surface area contributed by atoms with Crippen molar-refractivity contribution in [3.8, 4) is 0 Å². The molecule has 1 rings (SSSR count). The molecule has 4 nitrogen and oxygen atoms in total. The van der Waals surface area contributed by atoms with E-state index in [0.29, 0.717) is 18.1 Å². The lowest BCUT2D eigenvalue weighted by atomic mass is 10.1. The number of hydrogen-bond donors (Lipinski definition) is 1. The van der Waals surface area contributed by atoms with Crippen LogP contribution in [0, 0.1) is 6.92 Å². The van der Waals surface area contributed by atoms with Gasteiger partial charge in [-0.2, -0.15) is 5.10 Å². The number of hydrogen-bond acceptors (Lipinski definition) is 3. The van der Waals surface area contributed by atoms with Gasteiger partial charge in [0.25, 0.3) is 0 Å². The number of nitrogens with zero attached hydrogens (tertiary/aromatic N) is 2. The summed E-state index contributed by atoms with van der Waals surface area (Å²) in [6.07, 6.45) is 0.685. The van der Waals surface area contributed by atoms with Crippen LogP contribution in [-0.4, -0.2) is 29.5 Å². The first-order valence-corrected chi connectivity index (χ1v) is 4.86. The van der Waals surface area contributed by atoms with E-state index in [-0.39, 0.29) is 6.04 Å². The minimum absolute atomic E-state index is 0.0349. The molecule has 0 spiro atoms. The fourth-order valence-electron chi connectivity index (χ4n) is 1.42. The lowest BCUT2D eigenvalue weighted by Crippen LogP contribution is -2.29. The molecule has 0 aliphatic carbocycles. The first-order valence-electron chi connectivity index (χ1n) is 4.48. The van der Waals surface area contributed by atoms with Gasteiger partial charge in [-0.15, -0.1) is 0 Å². The molecule has 1 unspecified atom stereocenters. The summed E-state index contributed by atoms with van der Waals surface area (Å²) in [6.45, 7) is 2.41. The molecule has 5 heteroatoms. The third kappa shape index (κ3) is 2.47. The predicted octanol–water partition coefficient (Wildman–Crippen LogP) is 0.898. The number of rotatable bonds is 4. The zero-order chi connectivity index (χ0) is 10.7. The van der Waals surface area contributed by atoms with Crippen molar-refractivity contribution in [2.75, 3.05) is 13.7 Å². The monoisotopic (exact) mass is 217 g/mol. The summed E-state index contributed by atoms with van der Waals surface area (Å²) in [5, 5.41) is 4.92. The van der Waals surface area contributed by atoms with E-state index in [4.69, 9.17) is 22.1 Å². The Labute approximate surface area is 89.0 Å². The highest BCUT2D eigenvalue weighted by Gasteiger charge is 2.14. The van der Waals surface area contributed by atoms with Crippen LogP contribution in [0.2, 0.25) is 5.02 Å². The number of aryl methyl sites for hydroxylation is 2. The fourth-order valence-corrected chi connectivity index (χ4v) is 1.66. The molecule has 2 N–H and O–H groups in total. The van der Waals surface area contributed by atoms with Gasteiger partial charge in [-0.05, 0) is 6.92 Å².